The minimum absolute atomic E-state index is 0.146. The first-order valence-electron chi connectivity index (χ1n) is 10.4. The van der Waals surface area contributed by atoms with Crippen molar-refractivity contribution >= 4 is 35.8 Å². The van der Waals surface area contributed by atoms with Gasteiger partial charge in [-0.2, -0.15) is 0 Å². The second-order valence-electron chi connectivity index (χ2n) is 7.25. The van der Waals surface area contributed by atoms with Gasteiger partial charge in [0.25, 0.3) is 0 Å². The molecule has 176 valence electrons. The predicted molar refractivity (Wildman–Crippen MR) is 130 cm³/mol. The number of nitrogens with one attached hydrogen (secondary N) is 1. The van der Waals surface area contributed by atoms with Gasteiger partial charge >= 0.3 is 150 Å². The Kier molecular flexibility index (Phi) is 9.64. The molecule has 2 N–H and O–H groups in total. The summed E-state index contributed by atoms with van der Waals surface area (Å²) < 4.78 is 22.2. The van der Waals surface area contributed by atoms with Gasteiger partial charge < -0.3 is 4.74 Å². The number of ether oxygens (including phenoxy) is 3. The van der Waals surface area contributed by atoms with Crippen LogP contribution in [0.2, 0.25) is 5.02 Å². The van der Waals surface area contributed by atoms with Crippen LogP contribution in [0.3, 0.4) is 0 Å². The molecule has 2 atom stereocenters. The molecule has 0 saturated carbocycles. The van der Waals surface area contributed by atoms with E-state index in [0.717, 1.165) is 12.0 Å². The fourth-order valence-corrected chi connectivity index (χ4v) is 5.93. The fraction of sp³-hybridized carbons (Fsp3) is 0.455. The molecule has 0 spiro atoms. The topological polar surface area (TPSA) is 99.1 Å². The number of rotatable bonds is 11. The molecule has 2 heterocycles. The summed E-state index contributed by atoms with van der Waals surface area (Å²) in [6, 6.07) is 7.59. The van der Waals surface area contributed by atoms with Crippen molar-refractivity contribution in [1.29, 1.82) is 0 Å². The SMILES string of the molecule is CCOC(=O)I1COc2cc(CC(C)NCC(O)CCOc3cncc(Cl)c3)ccc2O1. The molecule has 0 aliphatic carbocycles. The van der Waals surface area contributed by atoms with Crippen molar-refractivity contribution in [3.05, 3.63) is 47.2 Å². The van der Waals surface area contributed by atoms with Crippen molar-refractivity contribution < 1.29 is 27.2 Å². The van der Waals surface area contributed by atoms with Gasteiger partial charge in [-0.25, -0.2) is 0 Å². The number of aliphatic hydroxyl groups is 1. The van der Waals surface area contributed by atoms with E-state index < -0.39 is 26.3 Å². The number of nitrogens with zero attached hydrogens (tertiary/aromatic N) is 1. The number of hydrogen-bond acceptors (Lipinski definition) is 8. The van der Waals surface area contributed by atoms with Gasteiger partial charge in [-0.15, -0.1) is 0 Å². The van der Waals surface area contributed by atoms with Crippen LogP contribution in [0.5, 0.6) is 17.2 Å². The summed E-state index contributed by atoms with van der Waals surface area (Å²) in [5.74, 6) is 1.84. The maximum absolute atomic E-state index is 11.9. The Morgan fingerprint density at radius 3 is 2.97 bits per heavy atom. The number of aromatic nitrogens is 1. The van der Waals surface area contributed by atoms with E-state index in [2.05, 4.69) is 17.2 Å². The van der Waals surface area contributed by atoms with E-state index in [1.54, 1.807) is 25.4 Å². The number of carbonyl (C=O) groups excluding carboxylic acids is 1. The van der Waals surface area contributed by atoms with E-state index in [-0.39, 0.29) is 14.6 Å². The quantitative estimate of drug-likeness (QED) is 0.230. The van der Waals surface area contributed by atoms with Gasteiger partial charge in [0, 0.05) is 12.3 Å². The second-order valence-corrected chi connectivity index (χ2v) is 11.5. The zero-order chi connectivity index (χ0) is 22.9. The summed E-state index contributed by atoms with van der Waals surface area (Å²) in [7, 11) is 0. The number of benzene rings is 1. The molecule has 1 aliphatic heterocycles. The first-order chi connectivity index (χ1) is 15.4. The van der Waals surface area contributed by atoms with Gasteiger partial charge in [-0.05, 0) is 0 Å². The Hall–Kier alpha value is -1.82. The van der Waals surface area contributed by atoms with Crippen molar-refractivity contribution in [2.75, 3.05) is 24.4 Å². The van der Waals surface area contributed by atoms with Crippen LogP contribution in [0.1, 0.15) is 25.8 Å². The zero-order valence-electron chi connectivity index (χ0n) is 18.1. The Bertz CT molecular complexity index is 902. The number of halogens is 2. The van der Waals surface area contributed by atoms with Crippen molar-refractivity contribution in [3.8, 4) is 17.2 Å². The molecule has 0 fully saturated rings. The normalized spacial score (nSPS) is 15.7. The van der Waals surface area contributed by atoms with Gasteiger partial charge in [0.15, 0.2) is 0 Å². The van der Waals surface area contributed by atoms with Crippen LogP contribution in [0.4, 0.5) is 4.79 Å². The van der Waals surface area contributed by atoms with Crippen LogP contribution < -0.4 is 17.9 Å². The van der Waals surface area contributed by atoms with E-state index in [9.17, 15) is 9.90 Å². The van der Waals surface area contributed by atoms with Crippen LogP contribution in [0, 0.1) is 0 Å². The first kappa shape index (κ1) is 24.8. The van der Waals surface area contributed by atoms with Crippen LogP contribution in [-0.2, 0) is 11.2 Å². The predicted octanol–water partition coefficient (Wildman–Crippen LogP) is 4.39. The van der Waals surface area contributed by atoms with E-state index >= 15 is 0 Å². The van der Waals surface area contributed by atoms with Crippen LogP contribution in [-0.4, -0.2) is 50.6 Å². The number of fused-ring (bicyclic) bond motifs is 1. The number of alkyl halides is 1. The Morgan fingerprint density at radius 1 is 1.34 bits per heavy atom. The summed E-state index contributed by atoms with van der Waals surface area (Å²) in [5, 5.41) is 14.1. The standard InChI is InChI=1S/C22H28ClIN2O6/c1-3-29-22(28)24-14-31-21-9-16(4-5-20(21)32-24)8-15(2)26-12-18(27)6-7-30-19-10-17(23)11-25-13-19/h4-5,9-11,13,15,18,26-27H,3,6-8,12,14H2,1-2H3. The minimum atomic E-state index is -2.41. The van der Waals surface area contributed by atoms with Gasteiger partial charge in [0.2, 0.25) is 0 Å². The third-order valence-corrected chi connectivity index (χ3v) is 7.95. The first-order valence-corrected chi connectivity index (χ1v) is 14.2. The third kappa shape index (κ3) is 7.65. The van der Waals surface area contributed by atoms with Gasteiger partial charge in [-0.3, -0.25) is 4.98 Å². The summed E-state index contributed by atoms with van der Waals surface area (Å²) in [6.45, 7) is 5.00. The molecule has 0 saturated heterocycles. The van der Waals surface area contributed by atoms with Crippen LogP contribution >= 0.6 is 31.8 Å². The van der Waals surface area contributed by atoms with E-state index in [0.29, 0.717) is 48.5 Å². The molecule has 3 rings (SSSR count). The Labute approximate surface area is 200 Å². The number of pyridine rings is 1. The number of hydrogen-bond donors (Lipinski definition) is 2. The number of carbonyl (C=O) groups is 1. The molecule has 1 aliphatic rings. The van der Waals surface area contributed by atoms with Gasteiger partial charge in [-0.1, -0.05) is 11.6 Å². The van der Waals surface area contributed by atoms with E-state index in [4.69, 9.17) is 28.9 Å². The summed E-state index contributed by atoms with van der Waals surface area (Å²) >= 11 is 3.47. The average molecular weight is 579 g/mol. The van der Waals surface area contributed by atoms with Crippen molar-refractivity contribution in [3.63, 3.8) is 0 Å². The summed E-state index contributed by atoms with van der Waals surface area (Å²) in [6.07, 6.45) is 3.84. The van der Waals surface area contributed by atoms with Crippen molar-refractivity contribution in [2.45, 2.75) is 38.8 Å². The average Bonchev–Trinajstić information content (AvgIpc) is 2.77. The Morgan fingerprint density at radius 2 is 2.19 bits per heavy atom. The molecule has 0 amide bonds. The van der Waals surface area contributed by atoms with Crippen molar-refractivity contribution in [1.82, 2.24) is 10.3 Å². The molecule has 2 aromatic rings. The molecule has 8 nitrogen and oxygen atoms in total. The third-order valence-electron chi connectivity index (χ3n) is 4.57. The van der Waals surface area contributed by atoms with Gasteiger partial charge in [0.1, 0.15) is 5.75 Å². The monoisotopic (exact) mass is 578 g/mol. The van der Waals surface area contributed by atoms with E-state index in [1.165, 1.54) is 0 Å². The fourth-order valence-electron chi connectivity index (χ4n) is 2.99. The molecule has 0 bridgehead atoms. The van der Waals surface area contributed by atoms with E-state index in [1.807, 2.05) is 18.2 Å². The molecular formula is C22H28ClIN2O6. The second kappa shape index (κ2) is 12.4. The zero-order valence-corrected chi connectivity index (χ0v) is 21.0. The van der Waals surface area contributed by atoms with Crippen molar-refractivity contribution in [2.24, 2.45) is 0 Å². The molecule has 2 unspecified atom stereocenters. The molecule has 0 radical (unpaired) electrons. The summed E-state index contributed by atoms with van der Waals surface area (Å²) in [4.78, 5) is 15.9. The van der Waals surface area contributed by atoms with Gasteiger partial charge in [0.05, 0.1) is 11.2 Å². The Balaban J connectivity index is 1.39. The molecule has 10 heteroatoms. The molecule has 1 aromatic carbocycles. The van der Waals surface area contributed by atoms with Crippen LogP contribution in [0.15, 0.2) is 36.7 Å². The maximum atomic E-state index is 11.9. The molecular weight excluding hydrogens is 551 g/mol. The summed E-state index contributed by atoms with van der Waals surface area (Å²) in [5.41, 5.74) is 1.08. The van der Waals surface area contributed by atoms with Crippen LogP contribution in [0.25, 0.3) is 0 Å². The number of aliphatic hydroxyl groups excluding tert-OH is 1. The molecule has 1 aromatic heterocycles. The molecule has 32 heavy (non-hydrogen) atoms.